The summed E-state index contributed by atoms with van der Waals surface area (Å²) in [6, 6.07) is 0.314. The molecule has 20 heavy (non-hydrogen) atoms. The minimum absolute atomic E-state index is 0.314. The fourth-order valence-electron chi connectivity index (χ4n) is 2.03. The second-order valence-electron chi connectivity index (χ2n) is 5.23. The van der Waals surface area contributed by atoms with Crippen molar-refractivity contribution in [3.05, 3.63) is 48.0 Å². The number of hydrogen-bond acceptors (Lipinski definition) is 3. The molecule has 3 heteroatoms. The number of aliphatic imine (C=N–C) groups is 1. The number of nitrogens with zero attached hydrogens (tertiary/aromatic N) is 1. The van der Waals surface area contributed by atoms with Gasteiger partial charge in [-0.25, -0.2) is 4.99 Å². The lowest BCUT2D eigenvalue weighted by molar-refractivity contribution is 0.563. The molecular formula is C17H27N3. The topological polar surface area (TPSA) is 50.4 Å². The van der Waals surface area contributed by atoms with Gasteiger partial charge in [-0.05, 0) is 42.8 Å². The Balaban J connectivity index is 2.76. The zero-order valence-electron chi connectivity index (χ0n) is 12.7. The molecule has 1 aliphatic heterocycles. The molecule has 0 aromatic heterocycles. The van der Waals surface area contributed by atoms with Gasteiger partial charge in [0.15, 0.2) is 0 Å². The standard InChI is InChI=1S/C17H27N3/c1-4-5-6-7-9-16-12-15(14(2)3)13-20-17(18)10-8-11-19-16/h8,10-13,16,19H,2,4-7,9,18H2,1,3H3/b11-8-,15-12?,17-10-,20-13?. The minimum atomic E-state index is 0.314. The molecule has 110 valence electrons. The van der Waals surface area contributed by atoms with E-state index in [9.17, 15) is 0 Å². The first-order valence-corrected chi connectivity index (χ1v) is 7.43. The van der Waals surface area contributed by atoms with Gasteiger partial charge in [0, 0.05) is 12.3 Å². The molecule has 0 aromatic rings. The van der Waals surface area contributed by atoms with E-state index in [0.29, 0.717) is 11.9 Å². The third kappa shape index (κ3) is 6.41. The van der Waals surface area contributed by atoms with Crippen LogP contribution in [0.4, 0.5) is 0 Å². The molecule has 0 radical (unpaired) electrons. The predicted octanol–water partition coefficient (Wildman–Crippen LogP) is 3.82. The highest BCUT2D eigenvalue weighted by Crippen LogP contribution is 2.12. The number of hydrogen-bond donors (Lipinski definition) is 2. The van der Waals surface area contributed by atoms with Crippen molar-refractivity contribution in [3.8, 4) is 0 Å². The molecule has 0 saturated carbocycles. The summed E-state index contributed by atoms with van der Waals surface area (Å²) in [6.07, 6.45) is 15.8. The Bertz CT molecular complexity index is 428. The summed E-state index contributed by atoms with van der Waals surface area (Å²) in [5.74, 6) is 0.497. The first kappa shape index (κ1) is 16.3. The maximum absolute atomic E-state index is 5.76. The average molecular weight is 273 g/mol. The summed E-state index contributed by atoms with van der Waals surface area (Å²) >= 11 is 0. The number of nitrogens with one attached hydrogen (secondary N) is 1. The van der Waals surface area contributed by atoms with E-state index >= 15 is 0 Å². The van der Waals surface area contributed by atoms with Crippen LogP contribution in [-0.2, 0) is 0 Å². The van der Waals surface area contributed by atoms with Crippen LogP contribution in [0.1, 0.15) is 46.0 Å². The Morgan fingerprint density at radius 2 is 2.20 bits per heavy atom. The van der Waals surface area contributed by atoms with Gasteiger partial charge in [-0.15, -0.1) is 0 Å². The van der Waals surface area contributed by atoms with Gasteiger partial charge in [-0.2, -0.15) is 0 Å². The number of rotatable bonds is 6. The van der Waals surface area contributed by atoms with Gasteiger partial charge in [0.1, 0.15) is 5.82 Å². The van der Waals surface area contributed by atoms with E-state index in [1.165, 1.54) is 25.7 Å². The third-order valence-corrected chi connectivity index (χ3v) is 3.27. The van der Waals surface area contributed by atoms with Gasteiger partial charge in [0.25, 0.3) is 0 Å². The van der Waals surface area contributed by atoms with Crippen molar-refractivity contribution >= 4 is 6.21 Å². The third-order valence-electron chi connectivity index (χ3n) is 3.27. The van der Waals surface area contributed by atoms with Gasteiger partial charge in [-0.1, -0.05) is 45.3 Å². The van der Waals surface area contributed by atoms with Crippen molar-refractivity contribution < 1.29 is 0 Å². The van der Waals surface area contributed by atoms with Crippen molar-refractivity contribution in [2.75, 3.05) is 0 Å². The van der Waals surface area contributed by atoms with Gasteiger partial charge in [0.05, 0.1) is 0 Å². The molecule has 1 rings (SSSR count). The Morgan fingerprint density at radius 3 is 2.90 bits per heavy atom. The fraction of sp³-hybridized carbons (Fsp3) is 0.471. The van der Waals surface area contributed by atoms with Crippen molar-refractivity contribution in [2.24, 2.45) is 10.7 Å². The first-order valence-electron chi connectivity index (χ1n) is 7.43. The molecule has 0 aliphatic carbocycles. The van der Waals surface area contributed by atoms with Crippen LogP contribution in [0.15, 0.2) is 53.0 Å². The van der Waals surface area contributed by atoms with Gasteiger partial charge in [-0.3, -0.25) is 0 Å². The van der Waals surface area contributed by atoms with Gasteiger partial charge in [0.2, 0.25) is 0 Å². The van der Waals surface area contributed by atoms with Crippen LogP contribution in [0, 0.1) is 0 Å². The predicted molar refractivity (Wildman–Crippen MR) is 88.5 cm³/mol. The van der Waals surface area contributed by atoms with Crippen LogP contribution >= 0.6 is 0 Å². The number of allylic oxidation sites excluding steroid dienone is 4. The SMILES string of the molecule is C=C(C)C1=CC(CCCCCC)N/C=C\C=C(\N)N=C1. The summed E-state index contributed by atoms with van der Waals surface area (Å²) in [4.78, 5) is 4.24. The van der Waals surface area contributed by atoms with E-state index in [1.54, 1.807) is 12.3 Å². The minimum Gasteiger partial charge on any atom is -0.385 e. The molecule has 0 bridgehead atoms. The molecule has 1 atom stereocenters. The summed E-state index contributed by atoms with van der Waals surface area (Å²) < 4.78 is 0. The first-order chi connectivity index (χ1) is 9.63. The Morgan fingerprint density at radius 1 is 1.40 bits per heavy atom. The average Bonchev–Trinajstić information content (AvgIpc) is 2.42. The van der Waals surface area contributed by atoms with Crippen LogP contribution in [0.2, 0.25) is 0 Å². The van der Waals surface area contributed by atoms with Crippen LogP contribution < -0.4 is 11.1 Å². The Kier molecular flexibility index (Phi) is 7.48. The van der Waals surface area contributed by atoms with Crippen LogP contribution in [-0.4, -0.2) is 12.3 Å². The molecule has 3 nitrogen and oxygen atoms in total. The lowest BCUT2D eigenvalue weighted by atomic mass is 10.0. The smallest absolute Gasteiger partial charge is 0.123 e. The zero-order chi connectivity index (χ0) is 14.8. The Labute approximate surface area is 123 Å². The van der Waals surface area contributed by atoms with E-state index in [0.717, 1.165) is 17.6 Å². The number of unbranched alkanes of at least 4 members (excludes halogenated alkanes) is 3. The van der Waals surface area contributed by atoms with E-state index in [-0.39, 0.29) is 0 Å². The normalized spacial score (nSPS) is 23.2. The van der Waals surface area contributed by atoms with Gasteiger partial charge >= 0.3 is 0 Å². The van der Waals surface area contributed by atoms with Crippen LogP contribution in [0.3, 0.4) is 0 Å². The quantitative estimate of drug-likeness (QED) is 0.723. The molecule has 0 saturated heterocycles. The highest BCUT2D eigenvalue weighted by molar-refractivity contribution is 5.85. The summed E-state index contributed by atoms with van der Waals surface area (Å²) in [5, 5.41) is 3.41. The monoisotopic (exact) mass is 273 g/mol. The van der Waals surface area contributed by atoms with Crippen LogP contribution in [0.5, 0.6) is 0 Å². The Hall–Kier alpha value is -1.77. The lowest BCUT2D eigenvalue weighted by Gasteiger charge is -2.15. The van der Waals surface area contributed by atoms with Crippen LogP contribution in [0.25, 0.3) is 0 Å². The lowest BCUT2D eigenvalue weighted by Crippen LogP contribution is -2.23. The largest absolute Gasteiger partial charge is 0.385 e. The molecule has 3 N–H and O–H groups in total. The highest BCUT2D eigenvalue weighted by Gasteiger charge is 2.06. The molecule has 0 aromatic carbocycles. The summed E-state index contributed by atoms with van der Waals surface area (Å²) in [5.41, 5.74) is 7.81. The maximum atomic E-state index is 5.76. The maximum Gasteiger partial charge on any atom is 0.123 e. The molecule has 1 aliphatic rings. The fourth-order valence-corrected chi connectivity index (χ4v) is 2.03. The van der Waals surface area contributed by atoms with E-state index in [2.05, 4.69) is 29.9 Å². The molecule has 1 heterocycles. The van der Waals surface area contributed by atoms with Crippen molar-refractivity contribution in [1.29, 1.82) is 0 Å². The van der Waals surface area contributed by atoms with Crippen molar-refractivity contribution in [3.63, 3.8) is 0 Å². The molecule has 0 amide bonds. The highest BCUT2D eigenvalue weighted by atomic mass is 14.9. The van der Waals surface area contributed by atoms with E-state index in [1.807, 2.05) is 19.2 Å². The van der Waals surface area contributed by atoms with E-state index < -0.39 is 0 Å². The second kappa shape index (κ2) is 9.18. The molecule has 0 fully saturated rings. The van der Waals surface area contributed by atoms with Crippen molar-refractivity contribution in [2.45, 2.75) is 52.0 Å². The zero-order valence-corrected chi connectivity index (χ0v) is 12.7. The second-order valence-corrected chi connectivity index (χ2v) is 5.23. The molecule has 0 spiro atoms. The molecule has 1 unspecified atom stereocenters. The summed E-state index contributed by atoms with van der Waals surface area (Å²) in [7, 11) is 0. The molecular weight excluding hydrogens is 246 g/mol. The van der Waals surface area contributed by atoms with Gasteiger partial charge < -0.3 is 11.1 Å². The summed E-state index contributed by atoms with van der Waals surface area (Å²) in [6.45, 7) is 8.24. The van der Waals surface area contributed by atoms with E-state index in [4.69, 9.17) is 5.73 Å². The van der Waals surface area contributed by atoms with Crippen molar-refractivity contribution in [1.82, 2.24) is 5.32 Å². The number of nitrogens with two attached hydrogens (primary N) is 1.